The monoisotopic (exact) mass is 380 g/mol. The van der Waals surface area contributed by atoms with E-state index >= 15 is 0 Å². The standard InChI is InChI=1S/C14H18Cl2N2O4S/c1-22-13-11(15)8-10(9-12(13)16)14(19)17-4-3-5-18(7-6-17)23(2,20)21/h8-9H,3-7H2,1-2H3. The van der Waals surface area contributed by atoms with Crippen LogP contribution in [0.2, 0.25) is 10.0 Å². The molecule has 1 aliphatic rings. The molecule has 2 rings (SSSR count). The van der Waals surface area contributed by atoms with Crippen molar-refractivity contribution in [3.8, 4) is 5.75 Å². The molecule has 1 aromatic rings. The summed E-state index contributed by atoms with van der Waals surface area (Å²) in [5.41, 5.74) is 0.355. The fourth-order valence-electron chi connectivity index (χ4n) is 2.49. The summed E-state index contributed by atoms with van der Waals surface area (Å²) in [6.45, 7) is 1.49. The summed E-state index contributed by atoms with van der Waals surface area (Å²) in [6.07, 6.45) is 1.75. The number of sulfonamides is 1. The molecule has 128 valence electrons. The van der Waals surface area contributed by atoms with Crippen molar-refractivity contribution in [1.29, 1.82) is 0 Å². The molecule has 0 aromatic heterocycles. The highest BCUT2D eigenvalue weighted by atomic mass is 35.5. The molecular weight excluding hydrogens is 363 g/mol. The van der Waals surface area contributed by atoms with Gasteiger partial charge in [0, 0.05) is 31.7 Å². The van der Waals surface area contributed by atoms with E-state index in [0.717, 1.165) is 0 Å². The molecule has 1 fully saturated rings. The Bertz CT molecular complexity index is 686. The second kappa shape index (κ2) is 7.25. The minimum atomic E-state index is -3.25. The highest BCUT2D eigenvalue weighted by Crippen LogP contribution is 2.34. The zero-order valence-electron chi connectivity index (χ0n) is 12.9. The van der Waals surface area contributed by atoms with Crippen LogP contribution in [0.15, 0.2) is 12.1 Å². The van der Waals surface area contributed by atoms with Crippen molar-refractivity contribution >= 4 is 39.1 Å². The zero-order valence-corrected chi connectivity index (χ0v) is 15.2. The number of rotatable bonds is 3. The van der Waals surface area contributed by atoms with E-state index in [1.54, 1.807) is 4.90 Å². The van der Waals surface area contributed by atoms with Crippen molar-refractivity contribution in [2.45, 2.75) is 6.42 Å². The Morgan fingerprint density at radius 2 is 1.74 bits per heavy atom. The summed E-state index contributed by atoms with van der Waals surface area (Å²) >= 11 is 12.1. The molecule has 9 heteroatoms. The second-order valence-corrected chi connectivity index (χ2v) is 8.08. The van der Waals surface area contributed by atoms with Gasteiger partial charge in [-0.2, -0.15) is 0 Å². The Hall–Kier alpha value is -1.02. The number of amides is 1. The van der Waals surface area contributed by atoms with Crippen molar-refractivity contribution in [1.82, 2.24) is 9.21 Å². The van der Waals surface area contributed by atoms with Crippen molar-refractivity contribution < 1.29 is 17.9 Å². The third-order valence-electron chi connectivity index (χ3n) is 3.66. The van der Waals surface area contributed by atoms with Gasteiger partial charge in [0.1, 0.15) is 0 Å². The number of benzene rings is 1. The Labute approximate surface area is 146 Å². The van der Waals surface area contributed by atoms with Gasteiger partial charge in [0.15, 0.2) is 5.75 Å². The van der Waals surface area contributed by atoms with Crippen LogP contribution in [-0.4, -0.2) is 63.1 Å². The van der Waals surface area contributed by atoms with E-state index in [1.807, 2.05) is 0 Å². The van der Waals surface area contributed by atoms with Gasteiger partial charge in [0.25, 0.3) is 5.91 Å². The van der Waals surface area contributed by atoms with E-state index in [0.29, 0.717) is 37.4 Å². The van der Waals surface area contributed by atoms with Crippen molar-refractivity contribution in [3.05, 3.63) is 27.7 Å². The van der Waals surface area contributed by atoms with Crippen LogP contribution < -0.4 is 4.74 Å². The summed E-state index contributed by atoms with van der Waals surface area (Å²) in [5, 5.41) is 0.520. The molecule has 0 saturated carbocycles. The van der Waals surface area contributed by atoms with Gasteiger partial charge in [-0.1, -0.05) is 23.2 Å². The first-order valence-electron chi connectivity index (χ1n) is 7.01. The first-order valence-corrected chi connectivity index (χ1v) is 9.62. The summed E-state index contributed by atoms with van der Waals surface area (Å²) in [4.78, 5) is 14.2. The lowest BCUT2D eigenvalue weighted by atomic mass is 10.2. The molecule has 0 unspecified atom stereocenters. The Balaban J connectivity index is 2.18. The minimum absolute atomic E-state index is 0.230. The van der Waals surface area contributed by atoms with E-state index in [4.69, 9.17) is 27.9 Å². The molecular formula is C14H18Cl2N2O4S. The third-order valence-corrected chi connectivity index (χ3v) is 5.53. The molecule has 1 saturated heterocycles. The first kappa shape index (κ1) is 18.3. The summed E-state index contributed by atoms with van der Waals surface area (Å²) in [7, 11) is -1.80. The van der Waals surface area contributed by atoms with Gasteiger partial charge in [-0.3, -0.25) is 4.79 Å². The van der Waals surface area contributed by atoms with Gasteiger partial charge in [0.2, 0.25) is 10.0 Å². The SMILES string of the molecule is COc1c(Cl)cc(C(=O)N2CCCN(S(C)(=O)=O)CC2)cc1Cl. The van der Waals surface area contributed by atoms with E-state index in [9.17, 15) is 13.2 Å². The molecule has 1 heterocycles. The molecule has 0 aliphatic carbocycles. The number of carbonyl (C=O) groups excluding carboxylic acids is 1. The highest BCUT2D eigenvalue weighted by molar-refractivity contribution is 7.88. The molecule has 0 radical (unpaired) electrons. The van der Waals surface area contributed by atoms with Crippen LogP contribution in [0.4, 0.5) is 0 Å². The molecule has 1 amide bonds. The third kappa shape index (κ3) is 4.29. The van der Waals surface area contributed by atoms with Crippen LogP contribution in [-0.2, 0) is 10.0 Å². The maximum absolute atomic E-state index is 12.6. The van der Waals surface area contributed by atoms with Gasteiger partial charge in [0.05, 0.1) is 23.4 Å². The lowest BCUT2D eigenvalue weighted by Gasteiger charge is -2.21. The molecule has 6 nitrogen and oxygen atoms in total. The minimum Gasteiger partial charge on any atom is -0.494 e. The van der Waals surface area contributed by atoms with Crippen molar-refractivity contribution in [2.75, 3.05) is 39.5 Å². The smallest absolute Gasteiger partial charge is 0.254 e. The number of ether oxygens (including phenoxy) is 1. The van der Waals surface area contributed by atoms with Crippen LogP contribution in [0, 0.1) is 0 Å². The summed E-state index contributed by atoms with van der Waals surface area (Å²) in [5.74, 6) is 0.0933. The van der Waals surface area contributed by atoms with Crippen LogP contribution in [0.1, 0.15) is 16.8 Å². The van der Waals surface area contributed by atoms with Crippen LogP contribution in [0.25, 0.3) is 0 Å². The van der Waals surface area contributed by atoms with Crippen molar-refractivity contribution in [2.24, 2.45) is 0 Å². The Morgan fingerprint density at radius 1 is 1.13 bits per heavy atom. The van der Waals surface area contributed by atoms with E-state index in [1.165, 1.54) is 29.8 Å². The maximum atomic E-state index is 12.6. The molecule has 1 aromatic carbocycles. The fourth-order valence-corrected chi connectivity index (χ4v) is 4.00. The summed E-state index contributed by atoms with van der Waals surface area (Å²) < 4.78 is 29.7. The van der Waals surface area contributed by atoms with Gasteiger partial charge in [-0.15, -0.1) is 0 Å². The van der Waals surface area contributed by atoms with E-state index in [2.05, 4.69) is 0 Å². The topological polar surface area (TPSA) is 66.9 Å². The van der Waals surface area contributed by atoms with Crippen LogP contribution in [0.5, 0.6) is 5.75 Å². The highest BCUT2D eigenvalue weighted by Gasteiger charge is 2.25. The van der Waals surface area contributed by atoms with E-state index in [-0.39, 0.29) is 22.5 Å². The predicted octanol–water partition coefficient (Wildman–Crippen LogP) is 2.11. The summed E-state index contributed by atoms with van der Waals surface area (Å²) in [6, 6.07) is 3.02. The second-order valence-electron chi connectivity index (χ2n) is 5.28. The van der Waals surface area contributed by atoms with Crippen molar-refractivity contribution in [3.63, 3.8) is 0 Å². The predicted molar refractivity (Wildman–Crippen MR) is 90.0 cm³/mol. The quantitative estimate of drug-likeness (QED) is 0.805. The van der Waals surface area contributed by atoms with Gasteiger partial charge < -0.3 is 9.64 Å². The number of hydrogen-bond donors (Lipinski definition) is 0. The number of carbonyl (C=O) groups is 1. The molecule has 0 spiro atoms. The number of nitrogens with zero attached hydrogens (tertiary/aromatic N) is 2. The van der Waals surface area contributed by atoms with Gasteiger partial charge in [-0.05, 0) is 18.6 Å². The molecule has 0 atom stereocenters. The molecule has 0 N–H and O–H groups in total. The average Bonchev–Trinajstić information content (AvgIpc) is 2.71. The lowest BCUT2D eigenvalue weighted by Crippen LogP contribution is -2.36. The normalized spacial score (nSPS) is 17.0. The van der Waals surface area contributed by atoms with E-state index < -0.39 is 10.0 Å². The fraction of sp³-hybridized carbons (Fsp3) is 0.500. The zero-order chi connectivity index (χ0) is 17.2. The Morgan fingerprint density at radius 3 is 2.26 bits per heavy atom. The number of hydrogen-bond acceptors (Lipinski definition) is 4. The molecule has 1 aliphatic heterocycles. The van der Waals surface area contributed by atoms with Crippen LogP contribution in [0.3, 0.4) is 0 Å². The van der Waals surface area contributed by atoms with Crippen LogP contribution >= 0.6 is 23.2 Å². The first-order chi connectivity index (χ1) is 10.7. The number of halogens is 2. The molecule has 0 bridgehead atoms. The largest absolute Gasteiger partial charge is 0.494 e. The lowest BCUT2D eigenvalue weighted by molar-refractivity contribution is 0.0764. The van der Waals surface area contributed by atoms with Gasteiger partial charge in [-0.25, -0.2) is 12.7 Å². The Kier molecular flexibility index (Phi) is 5.78. The maximum Gasteiger partial charge on any atom is 0.254 e. The number of methoxy groups -OCH3 is 1. The molecule has 23 heavy (non-hydrogen) atoms. The van der Waals surface area contributed by atoms with Gasteiger partial charge >= 0.3 is 0 Å². The average molecular weight is 381 g/mol.